The average molecular weight is 487 g/mol. The second kappa shape index (κ2) is 12.3. The fraction of sp³-hybridized carbons (Fsp3) is 0.526. The number of hydrogen-bond donors (Lipinski definition) is 2. The molecule has 0 aliphatic carbocycles. The molecule has 0 amide bonds. The Bertz CT molecular complexity index is 846. The summed E-state index contributed by atoms with van der Waals surface area (Å²) in [6.45, 7) is 6.03. The number of hydrogen-bond acceptors (Lipinski definition) is 7. The van der Waals surface area contributed by atoms with Gasteiger partial charge in [0.15, 0.2) is 0 Å². The van der Waals surface area contributed by atoms with Crippen LogP contribution in [0, 0.1) is 5.82 Å². The van der Waals surface area contributed by atoms with Gasteiger partial charge in [0.1, 0.15) is 24.1 Å². The van der Waals surface area contributed by atoms with E-state index in [0.717, 1.165) is 5.56 Å². The zero-order valence-electron chi connectivity index (χ0n) is 17.1. The highest BCUT2D eigenvalue weighted by molar-refractivity contribution is 7.86. The molecule has 1 heterocycles. The number of benzene rings is 1. The minimum Gasteiger partial charge on any atom is -0.459 e. The summed E-state index contributed by atoms with van der Waals surface area (Å²) in [4.78, 5) is 11.9. The van der Waals surface area contributed by atoms with E-state index in [1.807, 2.05) is 0 Å². The minimum atomic E-state index is -5.84. The van der Waals surface area contributed by atoms with Gasteiger partial charge in [-0.1, -0.05) is 18.2 Å². The fourth-order valence-corrected chi connectivity index (χ4v) is 2.65. The van der Waals surface area contributed by atoms with Gasteiger partial charge in [-0.2, -0.15) is 21.6 Å². The summed E-state index contributed by atoms with van der Waals surface area (Å²) in [5.41, 5.74) is 1.16. The van der Waals surface area contributed by atoms with Crippen molar-refractivity contribution in [1.82, 2.24) is 0 Å². The van der Waals surface area contributed by atoms with E-state index < -0.39 is 39.8 Å². The van der Waals surface area contributed by atoms with Gasteiger partial charge in [0, 0.05) is 13.0 Å². The molecule has 0 spiro atoms. The summed E-state index contributed by atoms with van der Waals surface area (Å²) in [5, 5.41) is 0. The molecule has 13 heteroatoms. The van der Waals surface area contributed by atoms with E-state index in [-0.39, 0.29) is 11.9 Å². The second-order valence-electron chi connectivity index (χ2n) is 6.78. The Kier molecular flexibility index (Phi) is 10.7. The monoisotopic (exact) mass is 487 g/mol. The number of cyclic esters (lactones) is 1. The highest BCUT2D eigenvalue weighted by Gasteiger charge is 2.44. The van der Waals surface area contributed by atoms with Gasteiger partial charge in [-0.15, -0.1) is 6.58 Å². The Morgan fingerprint density at radius 1 is 1.31 bits per heavy atom. The van der Waals surface area contributed by atoms with E-state index in [2.05, 4.69) is 6.58 Å². The number of nitrogens with two attached hydrogens (primary N) is 1. The number of halogens is 4. The third-order valence-electron chi connectivity index (χ3n) is 4.24. The van der Waals surface area contributed by atoms with Crippen molar-refractivity contribution in [3.8, 4) is 0 Å². The van der Waals surface area contributed by atoms with E-state index in [0.29, 0.717) is 26.1 Å². The maximum atomic E-state index is 13.1. The highest BCUT2D eigenvalue weighted by Crippen LogP contribution is 2.21. The molecule has 182 valence electrons. The quantitative estimate of drug-likeness (QED) is 0.213. The van der Waals surface area contributed by atoms with Crippen LogP contribution in [0.5, 0.6) is 0 Å². The number of esters is 1. The van der Waals surface area contributed by atoms with Gasteiger partial charge < -0.3 is 19.9 Å². The predicted molar refractivity (Wildman–Crippen MR) is 106 cm³/mol. The van der Waals surface area contributed by atoms with Crippen LogP contribution in [0.25, 0.3) is 0 Å². The lowest BCUT2D eigenvalue weighted by atomic mass is 10.0. The molecule has 32 heavy (non-hydrogen) atoms. The molecule has 8 nitrogen and oxygen atoms in total. The highest BCUT2D eigenvalue weighted by atomic mass is 32.2. The summed E-state index contributed by atoms with van der Waals surface area (Å²) in [7, 11) is -5.84. The van der Waals surface area contributed by atoms with Crippen molar-refractivity contribution in [3.05, 3.63) is 48.3 Å². The lowest BCUT2D eigenvalue weighted by molar-refractivity contribution is -0.162. The Hall–Kier alpha value is -2.06. The molecule has 0 unspecified atom stereocenters. The molecule has 2 rings (SSSR count). The van der Waals surface area contributed by atoms with Crippen LogP contribution < -0.4 is 5.73 Å². The van der Waals surface area contributed by atoms with E-state index in [1.165, 1.54) is 12.1 Å². The van der Waals surface area contributed by atoms with E-state index in [4.69, 9.17) is 32.9 Å². The van der Waals surface area contributed by atoms with Gasteiger partial charge in [-0.05, 0) is 31.0 Å². The van der Waals surface area contributed by atoms with Gasteiger partial charge in [-0.3, -0.25) is 9.35 Å². The van der Waals surface area contributed by atoms with Crippen molar-refractivity contribution in [1.29, 1.82) is 0 Å². The third-order valence-corrected chi connectivity index (χ3v) is 4.83. The largest absolute Gasteiger partial charge is 0.522 e. The summed E-state index contributed by atoms with van der Waals surface area (Å²) in [5.74, 6) is -0.748. The van der Waals surface area contributed by atoms with E-state index in [9.17, 15) is 22.4 Å². The molecule has 0 aromatic heterocycles. The fourth-order valence-electron chi connectivity index (χ4n) is 2.65. The van der Waals surface area contributed by atoms with E-state index >= 15 is 0 Å². The SMILES string of the molecule is C=CCO[C@H]1[C@H](C)OC(=O)[C@@H](N)CCO[C@@H]1Cc1ccc(F)cc1.O=S(=O)(O)C(F)(F)F. The lowest BCUT2D eigenvalue weighted by Gasteiger charge is -2.30. The maximum absolute atomic E-state index is 13.1. The average Bonchev–Trinajstić information content (AvgIpc) is 2.72. The summed E-state index contributed by atoms with van der Waals surface area (Å²) >= 11 is 0. The van der Waals surface area contributed by atoms with Crippen LogP contribution in [-0.2, 0) is 35.5 Å². The number of carbonyl (C=O) groups excluding carboxylic acids is 1. The molecule has 1 aromatic rings. The maximum Gasteiger partial charge on any atom is 0.522 e. The van der Waals surface area contributed by atoms with Crippen molar-refractivity contribution in [3.63, 3.8) is 0 Å². The predicted octanol–water partition coefficient (Wildman–Crippen LogP) is 2.38. The van der Waals surface area contributed by atoms with Crippen molar-refractivity contribution in [2.24, 2.45) is 5.73 Å². The second-order valence-corrected chi connectivity index (χ2v) is 8.20. The molecular weight excluding hydrogens is 462 g/mol. The van der Waals surface area contributed by atoms with Gasteiger partial charge >= 0.3 is 21.6 Å². The molecule has 1 aliphatic heterocycles. The summed E-state index contributed by atoms with van der Waals surface area (Å²) in [6, 6.07) is 5.51. The van der Waals surface area contributed by atoms with Gasteiger partial charge in [0.25, 0.3) is 0 Å². The van der Waals surface area contributed by atoms with Crippen LogP contribution in [0.1, 0.15) is 18.9 Å². The first kappa shape index (κ1) is 28.0. The number of rotatable bonds is 5. The zero-order valence-corrected chi connectivity index (χ0v) is 17.9. The Labute approximate surface area is 183 Å². The van der Waals surface area contributed by atoms with Crippen LogP contribution in [0.4, 0.5) is 17.6 Å². The van der Waals surface area contributed by atoms with E-state index in [1.54, 1.807) is 25.1 Å². The lowest BCUT2D eigenvalue weighted by Crippen LogP contribution is -2.43. The molecule has 4 atom stereocenters. The molecule has 1 fully saturated rings. The van der Waals surface area contributed by atoms with Crippen molar-refractivity contribution < 1.29 is 49.5 Å². The van der Waals surface area contributed by atoms with Crippen molar-refractivity contribution in [2.45, 2.75) is 49.6 Å². The minimum absolute atomic E-state index is 0.290. The molecule has 1 aromatic carbocycles. The summed E-state index contributed by atoms with van der Waals surface area (Å²) in [6.07, 6.45) is 1.18. The van der Waals surface area contributed by atoms with Crippen LogP contribution in [-0.4, -0.2) is 62.0 Å². The Morgan fingerprint density at radius 2 is 1.88 bits per heavy atom. The first-order valence-electron chi connectivity index (χ1n) is 9.34. The van der Waals surface area contributed by atoms with Gasteiger partial charge in [-0.25, -0.2) is 4.39 Å². The topological polar surface area (TPSA) is 125 Å². The third kappa shape index (κ3) is 9.20. The van der Waals surface area contributed by atoms with Crippen LogP contribution in [0.15, 0.2) is 36.9 Å². The molecule has 3 N–H and O–H groups in total. The van der Waals surface area contributed by atoms with Crippen LogP contribution in [0.3, 0.4) is 0 Å². The first-order valence-corrected chi connectivity index (χ1v) is 10.8. The number of ether oxygens (including phenoxy) is 3. The number of alkyl halides is 3. The smallest absolute Gasteiger partial charge is 0.459 e. The van der Waals surface area contributed by atoms with Crippen LogP contribution in [0.2, 0.25) is 0 Å². The summed E-state index contributed by atoms with van der Waals surface area (Å²) < 4.78 is 87.8. The molecule has 0 radical (unpaired) electrons. The number of carbonyl (C=O) groups is 1. The van der Waals surface area contributed by atoms with Crippen molar-refractivity contribution >= 4 is 16.1 Å². The van der Waals surface area contributed by atoms with Crippen LogP contribution >= 0.6 is 0 Å². The molecule has 1 aliphatic rings. The Morgan fingerprint density at radius 3 is 2.38 bits per heavy atom. The normalized spacial score (nSPS) is 24.8. The molecule has 0 saturated carbocycles. The standard InChI is InChI=1S/C18H24FNO4.CHF3O3S/c1-3-9-23-17-12(2)24-18(21)15(20)8-10-22-16(17)11-13-4-6-14(19)7-5-13;2-1(3,4)8(5,6)7/h3-7,12,15-17H,1,8-11,20H2,2H3;(H,5,6,7)/t12-,15-,16+,17-;/m0./s1. The molecule has 0 bridgehead atoms. The molecule has 1 saturated heterocycles. The molecular formula is C19H25F4NO7S. The zero-order chi connectivity index (χ0) is 24.5. The van der Waals surface area contributed by atoms with Gasteiger partial charge in [0.05, 0.1) is 12.7 Å². The Balaban J connectivity index is 0.000000547. The first-order chi connectivity index (χ1) is 14.8. The van der Waals surface area contributed by atoms with Gasteiger partial charge in [0.2, 0.25) is 0 Å². The van der Waals surface area contributed by atoms with Crippen molar-refractivity contribution in [2.75, 3.05) is 13.2 Å².